The van der Waals surface area contributed by atoms with Crippen LogP contribution < -0.4 is 9.47 Å². The first kappa shape index (κ1) is 23.0. The molecule has 0 amide bonds. The Morgan fingerprint density at radius 1 is 0.724 bits per heavy atom. The van der Waals surface area contributed by atoms with Crippen LogP contribution in [-0.2, 0) is 6.61 Å². The standard InChI is InChI=1S/C23H27F4O2/c1-2-3-4-5-6-7-8-9-14-28-18-12-10-17(11-13-18)16-29-23-21(26)19(24)15-20(25)22(23)27/h10-13H,2-9,14,16H2,1H3/q-1. The van der Waals surface area contributed by atoms with Gasteiger partial charge in [-0.05, 0) is 24.1 Å². The van der Waals surface area contributed by atoms with Crippen LogP contribution in [0.15, 0.2) is 24.3 Å². The highest BCUT2D eigenvalue weighted by Crippen LogP contribution is 2.27. The number of rotatable bonds is 13. The summed E-state index contributed by atoms with van der Waals surface area (Å²) in [5, 5.41) is 0. The Balaban J connectivity index is 1.70. The molecule has 0 aliphatic heterocycles. The first-order valence-corrected chi connectivity index (χ1v) is 10.1. The lowest BCUT2D eigenvalue weighted by molar-refractivity contribution is 0.261. The second-order valence-electron chi connectivity index (χ2n) is 6.97. The molecule has 2 nitrogen and oxygen atoms in total. The van der Waals surface area contributed by atoms with Crippen LogP contribution in [0.2, 0.25) is 0 Å². The highest BCUT2D eigenvalue weighted by Gasteiger charge is 2.11. The van der Waals surface area contributed by atoms with Crippen molar-refractivity contribution in [2.24, 2.45) is 0 Å². The zero-order valence-corrected chi connectivity index (χ0v) is 16.7. The average Bonchev–Trinajstić information content (AvgIpc) is 2.72. The minimum atomic E-state index is -1.62. The largest absolute Gasteiger partial charge is 0.508 e. The quantitative estimate of drug-likeness (QED) is 0.151. The summed E-state index contributed by atoms with van der Waals surface area (Å²) < 4.78 is 64.0. The van der Waals surface area contributed by atoms with Gasteiger partial charge in [-0.1, -0.05) is 64.0 Å². The molecular weight excluding hydrogens is 384 g/mol. The molecule has 2 aromatic rings. The molecule has 0 N–H and O–H groups in total. The zero-order chi connectivity index (χ0) is 21.1. The van der Waals surface area contributed by atoms with Crippen LogP contribution in [0.5, 0.6) is 11.5 Å². The van der Waals surface area contributed by atoms with Gasteiger partial charge < -0.3 is 9.47 Å². The molecule has 0 aliphatic carbocycles. The Morgan fingerprint density at radius 2 is 1.28 bits per heavy atom. The lowest BCUT2D eigenvalue weighted by Gasteiger charge is -2.16. The third-order valence-electron chi connectivity index (χ3n) is 4.58. The van der Waals surface area contributed by atoms with E-state index in [2.05, 4.69) is 6.92 Å². The third kappa shape index (κ3) is 7.59. The normalized spacial score (nSPS) is 10.9. The fraction of sp³-hybridized carbons (Fsp3) is 0.478. The lowest BCUT2D eigenvalue weighted by Crippen LogP contribution is -2.04. The Hall–Kier alpha value is -2.24. The molecule has 2 rings (SSSR count). The summed E-state index contributed by atoms with van der Waals surface area (Å²) in [7, 11) is 0. The number of hydrogen-bond donors (Lipinski definition) is 0. The third-order valence-corrected chi connectivity index (χ3v) is 4.58. The molecule has 0 radical (unpaired) electrons. The van der Waals surface area contributed by atoms with E-state index in [4.69, 9.17) is 9.47 Å². The van der Waals surface area contributed by atoms with Crippen molar-refractivity contribution in [3.63, 3.8) is 0 Å². The van der Waals surface area contributed by atoms with Crippen LogP contribution in [0.1, 0.15) is 63.9 Å². The highest BCUT2D eigenvalue weighted by molar-refractivity contribution is 5.30. The van der Waals surface area contributed by atoms with Crippen molar-refractivity contribution in [3.8, 4) is 11.5 Å². The van der Waals surface area contributed by atoms with Crippen molar-refractivity contribution in [1.82, 2.24) is 0 Å². The van der Waals surface area contributed by atoms with Gasteiger partial charge in [0.25, 0.3) is 0 Å². The molecule has 0 saturated heterocycles. The summed E-state index contributed by atoms with van der Waals surface area (Å²) in [4.78, 5) is 0. The van der Waals surface area contributed by atoms with Gasteiger partial charge in [-0.25, -0.2) is 8.78 Å². The lowest BCUT2D eigenvalue weighted by atomic mass is 10.1. The Morgan fingerprint density at radius 3 is 1.86 bits per heavy atom. The molecule has 0 aliphatic rings. The summed E-state index contributed by atoms with van der Waals surface area (Å²) >= 11 is 0. The smallest absolute Gasteiger partial charge is 0.119 e. The van der Waals surface area contributed by atoms with Crippen LogP contribution in [0, 0.1) is 29.3 Å². The van der Waals surface area contributed by atoms with Crippen LogP contribution in [0.4, 0.5) is 17.6 Å². The van der Waals surface area contributed by atoms with Crippen LogP contribution in [0.25, 0.3) is 0 Å². The molecule has 6 heteroatoms. The van der Waals surface area contributed by atoms with E-state index in [1.807, 2.05) is 0 Å². The molecule has 0 spiro atoms. The summed E-state index contributed by atoms with van der Waals surface area (Å²) in [6, 6.07) is 8.09. The molecule has 2 aromatic carbocycles. The zero-order valence-electron chi connectivity index (χ0n) is 16.7. The van der Waals surface area contributed by atoms with Crippen molar-refractivity contribution >= 4 is 0 Å². The molecule has 0 fully saturated rings. The SMILES string of the molecule is CCCCCCCCCCOc1ccc(COc2c(F)c(F)[c-]c(F)c2F)cc1. The van der Waals surface area contributed by atoms with Gasteiger partial charge in [-0.2, -0.15) is 0 Å². The van der Waals surface area contributed by atoms with E-state index in [0.29, 0.717) is 17.9 Å². The molecule has 29 heavy (non-hydrogen) atoms. The molecule has 0 bridgehead atoms. The summed E-state index contributed by atoms with van der Waals surface area (Å²) in [6.45, 7) is 2.59. The average molecular weight is 411 g/mol. The predicted octanol–water partition coefficient (Wildman–Crippen LogP) is 7.14. The molecule has 0 saturated carbocycles. The predicted molar refractivity (Wildman–Crippen MR) is 104 cm³/mol. The number of benzene rings is 2. The summed E-state index contributed by atoms with van der Waals surface area (Å²) in [5.41, 5.74) is 0.580. The minimum absolute atomic E-state index is 0.241. The van der Waals surface area contributed by atoms with E-state index in [9.17, 15) is 17.6 Å². The Kier molecular flexibility index (Phi) is 9.81. The van der Waals surface area contributed by atoms with E-state index in [1.54, 1.807) is 24.3 Å². The van der Waals surface area contributed by atoms with Gasteiger partial charge >= 0.3 is 0 Å². The maximum Gasteiger partial charge on any atom is 0.119 e. The van der Waals surface area contributed by atoms with Crippen molar-refractivity contribution < 1.29 is 27.0 Å². The first-order chi connectivity index (χ1) is 14.0. The Bertz CT molecular complexity index is 721. The molecule has 0 atom stereocenters. The van der Waals surface area contributed by atoms with Gasteiger partial charge in [0.1, 0.15) is 12.4 Å². The molecule has 0 aromatic heterocycles. The van der Waals surface area contributed by atoms with Crippen molar-refractivity contribution in [1.29, 1.82) is 0 Å². The first-order valence-electron chi connectivity index (χ1n) is 10.1. The van der Waals surface area contributed by atoms with Gasteiger partial charge in [0.05, 0.1) is 35.6 Å². The monoisotopic (exact) mass is 411 g/mol. The van der Waals surface area contributed by atoms with E-state index < -0.39 is 29.0 Å². The number of hydrogen-bond acceptors (Lipinski definition) is 2. The maximum atomic E-state index is 13.6. The molecular formula is C23H27F4O2-. The second-order valence-corrected chi connectivity index (χ2v) is 6.97. The fourth-order valence-electron chi connectivity index (χ4n) is 2.89. The van der Waals surface area contributed by atoms with Gasteiger partial charge in [0.15, 0.2) is 0 Å². The second kappa shape index (κ2) is 12.3. The van der Waals surface area contributed by atoms with E-state index in [1.165, 1.54) is 44.6 Å². The van der Waals surface area contributed by atoms with E-state index in [-0.39, 0.29) is 6.61 Å². The Labute approximate surface area is 169 Å². The van der Waals surface area contributed by atoms with Gasteiger partial charge in [0, 0.05) is 0 Å². The molecule has 0 unspecified atom stereocenters. The maximum absolute atomic E-state index is 13.6. The number of ether oxygens (including phenoxy) is 2. The van der Waals surface area contributed by atoms with E-state index >= 15 is 0 Å². The molecule has 160 valence electrons. The van der Waals surface area contributed by atoms with Crippen molar-refractivity contribution in [2.75, 3.05) is 6.61 Å². The highest BCUT2D eigenvalue weighted by atomic mass is 19.2. The topological polar surface area (TPSA) is 18.5 Å². The van der Waals surface area contributed by atoms with Gasteiger partial charge in [-0.3, -0.25) is 8.78 Å². The molecule has 0 heterocycles. The fourth-order valence-corrected chi connectivity index (χ4v) is 2.89. The van der Waals surface area contributed by atoms with Gasteiger partial charge in [-0.15, -0.1) is 6.07 Å². The summed E-state index contributed by atoms with van der Waals surface area (Å²) in [5.74, 6) is -6.86. The van der Waals surface area contributed by atoms with Crippen molar-refractivity contribution in [2.45, 2.75) is 64.9 Å². The van der Waals surface area contributed by atoms with Crippen molar-refractivity contribution in [3.05, 3.63) is 59.2 Å². The van der Waals surface area contributed by atoms with Crippen LogP contribution >= 0.6 is 0 Å². The number of unbranched alkanes of at least 4 members (excludes halogenated alkanes) is 7. The van der Waals surface area contributed by atoms with Crippen LogP contribution in [-0.4, -0.2) is 6.61 Å². The minimum Gasteiger partial charge on any atom is -0.508 e. The van der Waals surface area contributed by atoms with Gasteiger partial charge in [0.2, 0.25) is 0 Å². The summed E-state index contributed by atoms with van der Waals surface area (Å²) in [6.07, 6.45) is 9.79. The van der Waals surface area contributed by atoms with E-state index in [0.717, 1.165) is 12.8 Å². The number of halogens is 4. The van der Waals surface area contributed by atoms with Crippen LogP contribution in [0.3, 0.4) is 0 Å².